The minimum absolute atomic E-state index is 0.110. The molecule has 1 amide bonds. The third-order valence-electron chi connectivity index (χ3n) is 4.67. The Kier molecular flexibility index (Phi) is 6.59. The van der Waals surface area contributed by atoms with Gasteiger partial charge in [0.05, 0.1) is 27.4 Å². The standard InChI is InChI=1S/C19H13F4N5O5S2/c1-2-35(32,33)28(17(30)13-4-3-5-34-13)12-7-10(11(20)6-9(12)8-24)14-15(19(21,22)23)27(25)18(31)26-16(14)29/h3-7H,2,25H2,1H3,(H,26,29,31). The van der Waals surface area contributed by atoms with E-state index in [1.165, 1.54) is 28.6 Å². The Morgan fingerprint density at radius 3 is 2.49 bits per heavy atom. The first-order valence-corrected chi connectivity index (χ1v) is 11.8. The molecule has 10 nitrogen and oxygen atoms in total. The smallest absolute Gasteiger partial charge is 0.335 e. The molecule has 0 saturated carbocycles. The molecular weight excluding hydrogens is 518 g/mol. The van der Waals surface area contributed by atoms with E-state index < -0.39 is 77.7 Å². The van der Waals surface area contributed by atoms with E-state index in [-0.39, 0.29) is 9.18 Å². The number of rotatable bonds is 5. The summed E-state index contributed by atoms with van der Waals surface area (Å²) >= 11 is 0.839. The molecule has 3 N–H and O–H groups in total. The molecule has 35 heavy (non-hydrogen) atoms. The number of H-pyrrole nitrogens is 1. The summed E-state index contributed by atoms with van der Waals surface area (Å²) in [6.07, 6.45) is -5.43. The zero-order valence-electron chi connectivity index (χ0n) is 17.4. The van der Waals surface area contributed by atoms with Gasteiger partial charge in [-0.2, -0.15) is 18.4 Å². The topological polar surface area (TPSA) is 159 Å². The van der Waals surface area contributed by atoms with Gasteiger partial charge in [-0.05, 0) is 30.5 Å². The van der Waals surface area contributed by atoms with Gasteiger partial charge in [-0.25, -0.2) is 26.6 Å². The summed E-state index contributed by atoms with van der Waals surface area (Å²) in [7, 11) is -4.52. The van der Waals surface area contributed by atoms with Gasteiger partial charge in [0, 0.05) is 5.56 Å². The van der Waals surface area contributed by atoms with Crippen molar-refractivity contribution in [3.8, 4) is 17.2 Å². The lowest BCUT2D eigenvalue weighted by atomic mass is 10.0. The second kappa shape index (κ2) is 9.00. The number of hydrogen-bond acceptors (Lipinski definition) is 8. The summed E-state index contributed by atoms with van der Waals surface area (Å²) in [6, 6.07) is 4.99. The Morgan fingerprint density at radius 1 is 1.31 bits per heavy atom. The van der Waals surface area contributed by atoms with Crippen molar-refractivity contribution >= 4 is 33.0 Å². The number of carbonyl (C=O) groups is 1. The lowest BCUT2D eigenvalue weighted by molar-refractivity contribution is -0.143. The predicted molar refractivity (Wildman–Crippen MR) is 117 cm³/mol. The summed E-state index contributed by atoms with van der Waals surface area (Å²) in [5, 5.41) is 10.9. The number of hydrogen-bond donors (Lipinski definition) is 2. The predicted octanol–water partition coefficient (Wildman–Crippen LogP) is 2.00. The summed E-state index contributed by atoms with van der Waals surface area (Å²) < 4.78 is 81.5. The van der Waals surface area contributed by atoms with Crippen LogP contribution in [0.4, 0.5) is 23.2 Å². The van der Waals surface area contributed by atoms with Crippen LogP contribution in [0.1, 0.15) is 27.9 Å². The average Bonchev–Trinajstić information content (AvgIpc) is 3.31. The molecule has 0 unspecified atom stereocenters. The van der Waals surface area contributed by atoms with Crippen molar-refractivity contribution in [2.75, 3.05) is 15.9 Å². The van der Waals surface area contributed by atoms with E-state index in [2.05, 4.69) is 0 Å². The summed E-state index contributed by atoms with van der Waals surface area (Å²) in [4.78, 5) is 38.5. The number of benzene rings is 1. The van der Waals surface area contributed by atoms with Gasteiger partial charge in [0.2, 0.25) is 10.0 Å². The number of nitriles is 1. The van der Waals surface area contributed by atoms with Crippen LogP contribution in [0.15, 0.2) is 39.2 Å². The van der Waals surface area contributed by atoms with Crippen LogP contribution in [0, 0.1) is 17.1 Å². The van der Waals surface area contributed by atoms with Crippen molar-refractivity contribution in [2.24, 2.45) is 0 Å². The van der Waals surface area contributed by atoms with Crippen LogP contribution < -0.4 is 21.4 Å². The van der Waals surface area contributed by atoms with Crippen LogP contribution in [-0.4, -0.2) is 29.7 Å². The number of amides is 1. The molecule has 1 aromatic carbocycles. The normalized spacial score (nSPS) is 11.8. The quantitative estimate of drug-likeness (QED) is 0.376. The second-order valence-electron chi connectivity index (χ2n) is 6.76. The largest absolute Gasteiger partial charge is 0.434 e. The van der Waals surface area contributed by atoms with Crippen molar-refractivity contribution in [1.29, 1.82) is 5.26 Å². The zero-order chi connectivity index (χ0) is 26.3. The van der Waals surface area contributed by atoms with E-state index in [1.807, 2.05) is 0 Å². The van der Waals surface area contributed by atoms with E-state index in [9.17, 15) is 45.6 Å². The van der Waals surface area contributed by atoms with E-state index in [4.69, 9.17) is 5.84 Å². The molecule has 3 rings (SSSR count). The molecule has 0 atom stereocenters. The second-order valence-corrected chi connectivity index (χ2v) is 9.81. The fourth-order valence-corrected chi connectivity index (χ4v) is 4.87. The van der Waals surface area contributed by atoms with Gasteiger partial charge >= 0.3 is 11.9 Å². The Morgan fingerprint density at radius 2 is 1.97 bits per heavy atom. The van der Waals surface area contributed by atoms with Gasteiger partial charge in [-0.3, -0.25) is 14.6 Å². The van der Waals surface area contributed by atoms with Crippen LogP contribution >= 0.6 is 11.3 Å². The third kappa shape index (κ3) is 4.55. The van der Waals surface area contributed by atoms with Gasteiger partial charge < -0.3 is 5.84 Å². The number of anilines is 1. The number of nitrogens with two attached hydrogens (primary N) is 1. The highest BCUT2D eigenvalue weighted by molar-refractivity contribution is 7.93. The Balaban J connectivity index is 2.47. The lowest BCUT2D eigenvalue weighted by Gasteiger charge is -2.23. The number of aromatic nitrogens is 2. The Labute approximate surface area is 197 Å². The number of carbonyl (C=O) groups excluding carboxylic acids is 1. The first-order valence-electron chi connectivity index (χ1n) is 9.31. The molecule has 3 aromatic rings. The number of sulfonamides is 1. The summed E-state index contributed by atoms with van der Waals surface area (Å²) in [5.41, 5.74) is -9.50. The van der Waals surface area contributed by atoms with Crippen molar-refractivity contribution in [2.45, 2.75) is 13.1 Å². The number of alkyl halides is 3. The van der Waals surface area contributed by atoms with Crippen LogP contribution in [0.5, 0.6) is 0 Å². The van der Waals surface area contributed by atoms with Gasteiger partial charge in [-0.15, -0.1) is 11.3 Å². The molecule has 0 radical (unpaired) electrons. The first-order chi connectivity index (χ1) is 16.2. The molecule has 2 aromatic heterocycles. The molecule has 0 spiro atoms. The van der Waals surface area contributed by atoms with E-state index >= 15 is 0 Å². The minimum Gasteiger partial charge on any atom is -0.335 e. The molecule has 2 heterocycles. The maximum Gasteiger partial charge on any atom is 0.434 e. The number of nitrogen functional groups attached to an aromatic ring is 1. The molecule has 0 aliphatic carbocycles. The van der Waals surface area contributed by atoms with Crippen LogP contribution in [0.2, 0.25) is 0 Å². The Bertz CT molecular complexity index is 1590. The number of nitrogens with zero attached hydrogens (tertiary/aromatic N) is 3. The van der Waals surface area contributed by atoms with E-state index in [0.717, 1.165) is 18.3 Å². The SMILES string of the molecule is CCS(=O)(=O)N(C(=O)c1cccs1)c1cc(-c2c(C(F)(F)F)n(N)c(=O)[nH]c2=O)c(F)cc1C#N. The molecule has 0 aliphatic heterocycles. The third-order valence-corrected chi connectivity index (χ3v) is 7.17. The van der Waals surface area contributed by atoms with Gasteiger partial charge in [-0.1, -0.05) is 6.07 Å². The molecular formula is C19H13F4N5O5S2. The Hall–Kier alpha value is -3.97. The van der Waals surface area contributed by atoms with Crippen molar-refractivity contribution in [1.82, 2.24) is 9.66 Å². The average molecular weight is 531 g/mol. The highest BCUT2D eigenvalue weighted by Crippen LogP contribution is 2.38. The minimum atomic E-state index is -5.43. The van der Waals surface area contributed by atoms with Crippen molar-refractivity contribution in [3.63, 3.8) is 0 Å². The lowest BCUT2D eigenvalue weighted by Crippen LogP contribution is -2.41. The molecule has 0 fully saturated rings. The van der Waals surface area contributed by atoms with Gasteiger partial charge in [0.15, 0.2) is 5.69 Å². The molecule has 184 valence electrons. The number of aromatic amines is 1. The van der Waals surface area contributed by atoms with Gasteiger partial charge in [0.25, 0.3) is 11.5 Å². The van der Waals surface area contributed by atoms with Crippen LogP contribution in [0.3, 0.4) is 0 Å². The fourth-order valence-electron chi connectivity index (χ4n) is 3.10. The summed E-state index contributed by atoms with van der Waals surface area (Å²) in [6.45, 7) is 1.16. The maximum atomic E-state index is 14.9. The number of nitrogens with one attached hydrogen (secondary N) is 1. The van der Waals surface area contributed by atoms with Crippen LogP contribution in [0.25, 0.3) is 11.1 Å². The molecule has 0 saturated heterocycles. The highest BCUT2D eigenvalue weighted by Gasteiger charge is 2.41. The number of halogens is 4. The van der Waals surface area contributed by atoms with E-state index in [0.29, 0.717) is 12.1 Å². The highest BCUT2D eigenvalue weighted by atomic mass is 32.2. The zero-order valence-corrected chi connectivity index (χ0v) is 19.0. The molecule has 0 bridgehead atoms. The monoisotopic (exact) mass is 531 g/mol. The van der Waals surface area contributed by atoms with Gasteiger partial charge in [0.1, 0.15) is 11.9 Å². The van der Waals surface area contributed by atoms with Crippen molar-refractivity contribution in [3.05, 3.63) is 72.4 Å². The van der Waals surface area contributed by atoms with Crippen molar-refractivity contribution < 1.29 is 30.8 Å². The molecule has 0 aliphatic rings. The maximum absolute atomic E-state index is 14.9. The first kappa shape index (κ1) is 25.6. The fraction of sp³-hybridized carbons (Fsp3) is 0.158. The summed E-state index contributed by atoms with van der Waals surface area (Å²) in [5.74, 6) is 1.78. The van der Waals surface area contributed by atoms with Crippen LogP contribution in [-0.2, 0) is 16.2 Å². The molecule has 16 heteroatoms. The van der Waals surface area contributed by atoms with E-state index in [1.54, 1.807) is 0 Å². The number of thiophene rings is 1.